The number of hydrogen-bond acceptors (Lipinski definition) is 4. The maximum Gasteiger partial charge on any atom is 0.177 e. The molecule has 0 bridgehead atoms. The van der Waals surface area contributed by atoms with Gasteiger partial charge in [-0.3, -0.25) is 0 Å². The van der Waals surface area contributed by atoms with Gasteiger partial charge in [0.05, 0.1) is 12.1 Å². The van der Waals surface area contributed by atoms with Gasteiger partial charge in [0.2, 0.25) is 0 Å². The first-order chi connectivity index (χ1) is 9.31. The summed E-state index contributed by atoms with van der Waals surface area (Å²) < 4.78 is 5.63. The first-order valence-corrected chi connectivity index (χ1v) is 6.09. The lowest BCUT2D eigenvalue weighted by Crippen LogP contribution is -2.02. The van der Waals surface area contributed by atoms with Crippen LogP contribution in [0.1, 0.15) is 5.82 Å². The Bertz CT molecular complexity index is 659. The minimum atomic E-state index is 0.545. The Balaban J connectivity index is 1.63. The average molecular weight is 254 g/mol. The minimum absolute atomic E-state index is 0.545. The lowest BCUT2D eigenvalue weighted by Gasteiger charge is -2.05. The van der Waals surface area contributed by atoms with E-state index in [1.165, 1.54) is 0 Å². The zero-order chi connectivity index (χ0) is 13.1. The number of rotatable bonds is 4. The highest BCUT2D eigenvalue weighted by Gasteiger charge is 2.03. The number of nitrogen functional groups attached to an aromatic ring is 1. The van der Waals surface area contributed by atoms with Crippen molar-refractivity contribution >= 4 is 16.9 Å². The van der Waals surface area contributed by atoms with Crippen LogP contribution in [0.4, 0.5) is 5.69 Å². The van der Waals surface area contributed by atoms with E-state index in [1.54, 1.807) is 12.3 Å². The molecule has 3 N–H and O–H groups in total. The molecule has 96 valence electrons. The highest BCUT2D eigenvalue weighted by atomic mass is 16.5. The average Bonchev–Trinajstić information content (AvgIpc) is 2.81. The molecule has 0 fully saturated rings. The van der Waals surface area contributed by atoms with Crippen molar-refractivity contribution in [2.75, 3.05) is 12.3 Å². The van der Waals surface area contributed by atoms with E-state index in [0.717, 1.165) is 22.7 Å². The topological polar surface area (TPSA) is 76.8 Å². The van der Waals surface area contributed by atoms with Crippen LogP contribution in [0.5, 0.6) is 5.75 Å². The van der Waals surface area contributed by atoms with Gasteiger partial charge in [-0.05, 0) is 24.3 Å². The van der Waals surface area contributed by atoms with Crippen molar-refractivity contribution in [3.8, 4) is 5.75 Å². The number of fused-ring (bicyclic) bond motifs is 1. The van der Waals surface area contributed by atoms with Crippen molar-refractivity contribution in [2.24, 2.45) is 0 Å². The van der Waals surface area contributed by atoms with Gasteiger partial charge in [-0.1, -0.05) is 6.07 Å². The van der Waals surface area contributed by atoms with Crippen molar-refractivity contribution in [1.82, 2.24) is 15.0 Å². The second kappa shape index (κ2) is 4.97. The number of hydrogen-bond donors (Lipinski definition) is 2. The van der Waals surface area contributed by atoms with E-state index in [4.69, 9.17) is 10.5 Å². The van der Waals surface area contributed by atoms with Crippen molar-refractivity contribution in [1.29, 1.82) is 0 Å². The maximum absolute atomic E-state index is 5.69. The molecule has 5 heteroatoms. The second-order valence-electron chi connectivity index (χ2n) is 4.23. The van der Waals surface area contributed by atoms with Gasteiger partial charge >= 0.3 is 0 Å². The van der Waals surface area contributed by atoms with Crippen LogP contribution in [-0.4, -0.2) is 21.6 Å². The van der Waals surface area contributed by atoms with Gasteiger partial charge in [-0.2, -0.15) is 0 Å². The van der Waals surface area contributed by atoms with E-state index in [0.29, 0.717) is 18.7 Å². The molecule has 0 saturated carbocycles. The Labute approximate surface area is 110 Å². The SMILES string of the molecule is Nc1cccc(OCCc2nc3ncccc3[nH]2)c1. The molecule has 2 heterocycles. The predicted octanol–water partition coefficient (Wildman–Crippen LogP) is 2.16. The molecule has 3 aromatic rings. The van der Waals surface area contributed by atoms with Crippen LogP contribution in [0.25, 0.3) is 11.2 Å². The lowest BCUT2D eigenvalue weighted by atomic mass is 10.3. The zero-order valence-electron chi connectivity index (χ0n) is 10.3. The summed E-state index contributed by atoms with van der Waals surface area (Å²) in [6.45, 7) is 0.545. The monoisotopic (exact) mass is 254 g/mol. The molecule has 0 unspecified atom stereocenters. The molecule has 0 spiro atoms. The summed E-state index contributed by atoms with van der Waals surface area (Å²) in [7, 11) is 0. The molecule has 0 saturated heterocycles. The summed E-state index contributed by atoms with van der Waals surface area (Å²) in [5.41, 5.74) is 8.07. The number of pyridine rings is 1. The lowest BCUT2D eigenvalue weighted by molar-refractivity contribution is 0.319. The molecule has 0 aliphatic heterocycles. The van der Waals surface area contributed by atoms with Crippen LogP contribution < -0.4 is 10.5 Å². The predicted molar refractivity (Wildman–Crippen MR) is 73.9 cm³/mol. The van der Waals surface area contributed by atoms with Crippen LogP contribution in [0.3, 0.4) is 0 Å². The van der Waals surface area contributed by atoms with Gasteiger partial charge < -0.3 is 15.5 Å². The summed E-state index contributed by atoms with van der Waals surface area (Å²) in [5, 5.41) is 0. The van der Waals surface area contributed by atoms with Gasteiger partial charge in [0.15, 0.2) is 5.65 Å². The third-order valence-electron chi connectivity index (χ3n) is 2.77. The third-order valence-corrected chi connectivity index (χ3v) is 2.77. The summed E-state index contributed by atoms with van der Waals surface area (Å²) in [6.07, 6.45) is 2.43. The van der Waals surface area contributed by atoms with Gasteiger partial charge in [-0.15, -0.1) is 0 Å². The molecule has 2 aromatic heterocycles. The Morgan fingerprint density at radius 1 is 1.21 bits per heavy atom. The van der Waals surface area contributed by atoms with Gasteiger partial charge in [0, 0.05) is 24.4 Å². The minimum Gasteiger partial charge on any atom is -0.493 e. The first-order valence-electron chi connectivity index (χ1n) is 6.09. The summed E-state index contributed by atoms with van der Waals surface area (Å²) in [5.74, 6) is 1.65. The summed E-state index contributed by atoms with van der Waals surface area (Å²) >= 11 is 0. The normalized spacial score (nSPS) is 10.7. The second-order valence-corrected chi connectivity index (χ2v) is 4.23. The molecule has 0 radical (unpaired) electrons. The Hall–Kier alpha value is -2.56. The number of nitrogens with one attached hydrogen (secondary N) is 1. The fourth-order valence-electron chi connectivity index (χ4n) is 1.88. The molecular formula is C14H14N4O. The standard InChI is InChI=1S/C14H14N4O/c15-10-3-1-4-11(9-10)19-8-6-13-17-12-5-2-7-16-14(12)18-13/h1-5,7,9H,6,8,15H2,(H,16,17,18). The van der Waals surface area contributed by atoms with Crippen LogP contribution >= 0.6 is 0 Å². The number of aromatic nitrogens is 3. The summed E-state index contributed by atoms with van der Waals surface area (Å²) in [4.78, 5) is 11.8. The fraction of sp³-hybridized carbons (Fsp3) is 0.143. The van der Waals surface area contributed by atoms with Crippen molar-refractivity contribution in [2.45, 2.75) is 6.42 Å². The molecule has 0 amide bonds. The Kier molecular flexibility index (Phi) is 3.02. The summed E-state index contributed by atoms with van der Waals surface area (Å²) in [6, 6.07) is 11.2. The van der Waals surface area contributed by atoms with E-state index >= 15 is 0 Å². The molecular weight excluding hydrogens is 240 g/mol. The number of nitrogens with two attached hydrogens (primary N) is 1. The quantitative estimate of drug-likeness (QED) is 0.699. The smallest absolute Gasteiger partial charge is 0.177 e. The number of ether oxygens (including phenoxy) is 1. The van der Waals surface area contributed by atoms with Crippen LogP contribution in [0.15, 0.2) is 42.6 Å². The van der Waals surface area contributed by atoms with Crippen LogP contribution in [0.2, 0.25) is 0 Å². The van der Waals surface area contributed by atoms with Gasteiger partial charge in [-0.25, -0.2) is 9.97 Å². The van der Waals surface area contributed by atoms with E-state index < -0.39 is 0 Å². The third kappa shape index (κ3) is 2.65. The molecule has 0 aliphatic carbocycles. The van der Waals surface area contributed by atoms with Crippen molar-refractivity contribution in [3.63, 3.8) is 0 Å². The van der Waals surface area contributed by atoms with Crippen molar-refractivity contribution < 1.29 is 4.74 Å². The van der Waals surface area contributed by atoms with E-state index in [9.17, 15) is 0 Å². The van der Waals surface area contributed by atoms with Crippen molar-refractivity contribution in [3.05, 3.63) is 48.4 Å². The number of imidazole rings is 1. The highest BCUT2D eigenvalue weighted by Crippen LogP contribution is 2.15. The van der Waals surface area contributed by atoms with Crippen LogP contribution in [-0.2, 0) is 6.42 Å². The Morgan fingerprint density at radius 3 is 3.00 bits per heavy atom. The van der Waals surface area contributed by atoms with E-state index in [1.807, 2.05) is 30.3 Å². The number of nitrogens with zero attached hydrogens (tertiary/aromatic N) is 2. The number of benzene rings is 1. The fourth-order valence-corrected chi connectivity index (χ4v) is 1.88. The zero-order valence-corrected chi connectivity index (χ0v) is 10.3. The molecule has 0 atom stereocenters. The van der Waals surface area contributed by atoms with E-state index in [2.05, 4.69) is 15.0 Å². The number of anilines is 1. The van der Waals surface area contributed by atoms with Gasteiger partial charge in [0.1, 0.15) is 11.6 Å². The molecule has 0 aliphatic rings. The first kappa shape index (κ1) is 11.5. The maximum atomic E-state index is 5.69. The van der Waals surface area contributed by atoms with E-state index in [-0.39, 0.29) is 0 Å². The molecule has 5 nitrogen and oxygen atoms in total. The van der Waals surface area contributed by atoms with Gasteiger partial charge in [0.25, 0.3) is 0 Å². The molecule has 1 aromatic carbocycles. The number of aromatic amines is 1. The largest absolute Gasteiger partial charge is 0.493 e. The Morgan fingerprint density at radius 2 is 2.16 bits per heavy atom. The highest BCUT2D eigenvalue weighted by molar-refractivity contribution is 5.69. The van der Waals surface area contributed by atoms with Crippen LogP contribution in [0, 0.1) is 0 Å². The molecule has 3 rings (SSSR count). The molecule has 19 heavy (non-hydrogen) atoms. The number of H-pyrrole nitrogens is 1.